The molecule has 0 radical (unpaired) electrons. The van der Waals surface area contributed by atoms with Crippen LogP contribution < -0.4 is 21.3 Å². The molecule has 5 N–H and O–H groups in total. The van der Waals surface area contributed by atoms with Crippen molar-refractivity contribution in [3.05, 3.63) is 66.0 Å². The number of pyridine rings is 1. The molecule has 1 aromatic heterocycles. The zero-order valence-corrected chi connectivity index (χ0v) is 27.9. The number of carbonyl (C=O) groups is 4. The summed E-state index contributed by atoms with van der Waals surface area (Å²) in [6.07, 6.45) is 3.74. The predicted molar refractivity (Wildman–Crippen MR) is 176 cm³/mol. The summed E-state index contributed by atoms with van der Waals surface area (Å²) >= 11 is 1.38. The van der Waals surface area contributed by atoms with Crippen LogP contribution in [0.2, 0.25) is 0 Å². The topological polar surface area (TPSA) is 159 Å². The number of aliphatic hydroxyl groups excluding tert-OH is 1. The SMILES string of the molecule is CSC[C@H](NC(=O)OCc1cccnc1)C(=O)N[C@@H](CC(C)C)[C@@H](O)C[C@@H](C)C(=O)N[C@H](C(=O)NCc1ccccc1)C(C)C. The van der Waals surface area contributed by atoms with Crippen molar-refractivity contribution in [3.63, 3.8) is 0 Å². The van der Waals surface area contributed by atoms with Crippen LogP contribution in [-0.4, -0.2) is 70.1 Å². The minimum absolute atomic E-state index is 0.00821. The van der Waals surface area contributed by atoms with Gasteiger partial charge >= 0.3 is 6.09 Å². The fraction of sp³-hybridized carbons (Fsp3) is 0.545. The largest absolute Gasteiger partial charge is 0.445 e. The third-order valence-corrected chi connectivity index (χ3v) is 7.82. The summed E-state index contributed by atoms with van der Waals surface area (Å²) < 4.78 is 5.25. The summed E-state index contributed by atoms with van der Waals surface area (Å²) in [6.45, 7) is 9.69. The van der Waals surface area contributed by atoms with E-state index in [0.717, 1.165) is 5.56 Å². The highest BCUT2D eigenvalue weighted by Crippen LogP contribution is 2.17. The van der Waals surface area contributed by atoms with Gasteiger partial charge in [0.15, 0.2) is 0 Å². The third kappa shape index (κ3) is 13.9. The molecule has 0 bridgehead atoms. The van der Waals surface area contributed by atoms with E-state index in [1.165, 1.54) is 11.8 Å². The molecule has 0 saturated heterocycles. The lowest BCUT2D eigenvalue weighted by Gasteiger charge is -2.30. The van der Waals surface area contributed by atoms with Crippen LogP contribution in [0, 0.1) is 17.8 Å². The van der Waals surface area contributed by atoms with Gasteiger partial charge in [-0.15, -0.1) is 0 Å². The minimum atomic E-state index is -1.05. The Kier molecular flexibility index (Phi) is 16.4. The molecule has 0 aliphatic heterocycles. The van der Waals surface area contributed by atoms with E-state index < -0.39 is 42.1 Å². The number of nitrogens with zero attached hydrogens (tertiary/aromatic N) is 1. The van der Waals surface area contributed by atoms with E-state index in [2.05, 4.69) is 26.3 Å². The first kappa shape index (κ1) is 37.5. The van der Waals surface area contributed by atoms with E-state index in [4.69, 9.17) is 4.74 Å². The van der Waals surface area contributed by atoms with Crippen LogP contribution in [0.25, 0.3) is 0 Å². The minimum Gasteiger partial charge on any atom is -0.445 e. The molecule has 12 heteroatoms. The first-order chi connectivity index (χ1) is 21.4. The Labute approximate surface area is 271 Å². The average Bonchev–Trinajstić information content (AvgIpc) is 3.01. The van der Waals surface area contributed by atoms with Gasteiger partial charge < -0.3 is 31.1 Å². The fourth-order valence-corrected chi connectivity index (χ4v) is 5.20. The lowest BCUT2D eigenvalue weighted by atomic mass is 9.91. The molecule has 0 aliphatic rings. The molecule has 0 unspecified atom stereocenters. The number of rotatable bonds is 18. The maximum Gasteiger partial charge on any atom is 0.408 e. The number of carbonyl (C=O) groups excluding carboxylic acids is 4. The Morgan fingerprint density at radius 3 is 2.16 bits per heavy atom. The van der Waals surface area contributed by atoms with Gasteiger partial charge in [-0.3, -0.25) is 19.4 Å². The third-order valence-electron chi connectivity index (χ3n) is 7.15. The van der Waals surface area contributed by atoms with Gasteiger partial charge in [-0.25, -0.2) is 4.79 Å². The molecule has 2 aromatic rings. The Balaban J connectivity index is 1.98. The van der Waals surface area contributed by atoms with Crippen LogP contribution in [-0.2, 0) is 32.3 Å². The fourth-order valence-electron chi connectivity index (χ4n) is 4.63. The van der Waals surface area contributed by atoms with Crippen molar-refractivity contribution in [2.24, 2.45) is 17.8 Å². The van der Waals surface area contributed by atoms with Crippen molar-refractivity contribution < 1.29 is 29.0 Å². The first-order valence-corrected chi connectivity index (χ1v) is 16.7. The van der Waals surface area contributed by atoms with Crippen LogP contribution in [0.5, 0.6) is 0 Å². The average molecular weight is 644 g/mol. The van der Waals surface area contributed by atoms with Gasteiger partial charge in [0.05, 0.1) is 12.1 Å². The zero-order valence-electron chi connectivity index (χ0n) is 27.1. The monoisotopic (exact) mass is 643 g/mol. The van der Waals surface area contributed by atoms with Crippen molar-refractivity contribution in [1.29, 1.82) is 0 Å². The number of ether oxygens (including phenoxy) is 1. The number of hydrogen-bond acceptors (Lipinski definition) is 8. The molecule has 1 heterocycles. The van der Waals surface area contributed by atoms with Crippen molar-refractivity contribution >= 4 is 35.6 Å². The maximum atomic E-state index is 13.3. The van der Waals surface area contributed by atoms with Gasteiger partial charge in [0.25, 0.3) is 0 Å². The van der Waals surface area contributed by atoms with Crippen molar-refractivity contribution in [2.75, 3.05) is 12.0 Å². The molecule has 0 aliphatic carbocycles. The number of amides is 4. The van der Waals surface area contributed by atoms with Gasteiger partial charge in [0.2, 0.25) is 17.7 Å². The van der Waals surface area contributed by atoms with Gasteiger partial charge in [0.1, 0.15) is 18.7 Å². The number of aromatic nitrogens is 1. The van der Waals surface area contributed by atoms with Crippen LogP contribution in [0.4, 0.5) is 4.79 Å². The van der Waals surface area contributed by atoms with Crippen LogP contribution in [0.3, 0.4) is 0 Å². The maximum absolute atomic E-state index is 13.3. The normalized spacial score (nSPS) is 14.5. The van der Waals surface area contributed by atoms with Crippen molar-refractivity contribution in [3.8, 4) is 0 Å². The van der Waals surface area contributed by atoms with Gasteiger partial charge in [-0.05, 0) is 42.6 Å². The molecule has 4 amide bonds. The Bertz CT molecular complexity index is 1200. The Morgan fingerprint density at radius 1 is 0.867 bits per heavy atom. The van der Waals surface area contributed by atoms with E-state index in [-0.39, 0.29) is 36.7 Å². The molecular formula is C33H49N5O6S. The predicted octanol–water partition coefficient (Wildman–Crippen LogP) is 3.41. The Hall–Kier alpha value is -3.64. The molecule has 0 fully saturated rings. The molecule has 248 valence electrons. The first-order valence-electron chi connectivity index (χ1n) is 15.3. The number of aliphatic hydroxyl groups is 1. The van der Waals surface area contributed by atoms with E-state index >= 15 is 0 Å². The quantitative estimate of drug-likeness (QED) is 0.165. The second kappa shape index (κ2) is 19.7. The van der Waals surface area contributed by atoms with Gasteiger partial charge in [-0.2, -0.15) is 11.8 Å². The van der Waals surface area contributed by atoms with Gasteiger partial charge in [0, 0.05) is 36.2 Å². The van der Waals surface area contributed by atoms with Crippen LogP contribution >= 0.6 is 11.8 Å². The molecule has 1 aromatic carbocycles. The van der Waals surface area contributed by atoms with Crippen LogP contribution in [0.1, 0.15) is 58.6 Å². The standard InChI is InChI=1S/C33H49N5O6S/c1-21(2)15-26(36-31(41)27(20-45-6)37-33(43)44-19-25-13-10-14-34-17-25)28(39)16-23(5)30(40)38-29(22(3)4)32(42)35-18-24-11-8-7-9-12-24/h7-14,17,21-23,26-29,39H,15-16,18-20H2,1-6H3,(H,35,42)(H,36,41)(H,37,43)(H,38,40)/t23-,26+,27+,28+,29+/m1/s1. The van der Waals surface area contributed by atoms with Crippen molar-refractivity contribution in [1.82, 2.24) is 26.3 Å². The highest BCUT2D eigenvalue weighted by atomic mass is 32.2. The van der Waals surface area contributed by atoms with Gasteiger partial charge in [-0.1, -0.05) is 71.0 Å². The number of hydrogen-bond donors (Lipinski definition) is 5. The van der Waals surface area contributed by atoms with E-state index in [1.54, 1.807) is 31.5 Å². The summed E-state index contributed by atoms with van der Waals surface area (Å²) in [6, 6.07) is 10.7. The molecule has 2 rings (SSSR count). The van der Waals surface area contributed by atoms with Crippen molar-refractivity contribution in [2.45, 2.75) is 84.8 Å². The lowest BCUT2D eigenvalue weighted by Crippen LogP contribution is -2.54. The smallest absolute Gasteiger partial charge is 0.408 e. The number of alkyl carbamates (subject to hydrolysis) is 1. The summed E-state index contributed by atoms with van der Waals surface area (Å²) in [5, 5.41) is 22.4. The van der Waals surface area contributed by atoms with Crippen LogP contribution in [0.15, 0.2) is 54.9 Å². The molecule has 0 saturated carbocycles. The van der Waals surface area contributed by atoms with E-state index in [1.807, 2.05) is 64.3 Å². The Morgan fingerprint density at radius 2 is 1.56 bits per heavy atom. The highest BCUT2D eigenvalue weighted by Gasteiger charge is 2.31. The summed E-state index contributed by atoms with van der Waals surface area (Å²) in [7, 11) is 0. The molecule has 5 atom stereocenters. The highest BCUT2D eigenvalue weighted by molar-refractivity contribution is 7.98. The lowest BCUT2D eigenvalue weighted by molar-refractivity contribution is -0.132. The summed E-state index contributed by atoms with van der Waals surface area (Å²) in [5.74, 6) is -1.49. The second-order valence-corrected chi connectivity index (χ2v) is 12.9. The summed E-state index contributed by atoms with van der Waals surface area (Å²) in [5.41, 5.74) is 1.66. The van der Waals surface area contributed by atoms with E-state index in [0.29, 0.717) is 24.3 Å². The molecule has 0 spiro atoms. The molecular weight excluding hydrogens is 594 g/mol. The summed E-state index contributed by atoms with van der Waals surface area (Å²) in [4.78, 5) is 55.8. The molecule has 45 heavy (non-hydrogen) atoms. The number of nitrogens with one attached hydrogen (secondary N) is 4. The second-order valence-electron chi connectivity index (χ2n) is 12.0. The zero-order chi connectivity index (χ0) is 33.4. The van der Waals surface area contributed by atoms with E-state index in [9.17, 15) is 24.3 Å². The number of benzene rings is 1. The number of thioether (sulfide) groups is 1. The molecule has 11 nitrogen and oxygen atoms in total.